The second-order valence-electron chi connectivity index (χ2n) is 5.17. The fourth-order valence-corrected chi connectivity index (χ4v) is 2.49. The Bertz CT molecular complexity index is 897. The van der Waals surface area contributed by atoms with Crippen molar-refractivity contribution in [3.8, 4) is 22.8 Å². The van der Waals surface area contributed by atoms with E-state index in [0.717, 1.165) is 5.56 Å². The maximum absolute atomic E-state index is 12.6. The molecule has 6 nitrogen and oxygen atoms in total. The zero-order chi connectivity index (χ0) is 16.4. The van der Waals surface area contributed by atoms with Crippen molar-refractivity contribution in [2.24, 2.45) is 0 Å². The molecule has 1 aliphatic heterocycles. The summed E-state index contributed by atoms with van der Waals surface area (Å²) in [6, 6.07) is 14.8. The van der Waals surface area contributed by atoms with Crippen molar-refractivity contribution in [3.05, 3.63) is 66.6 Å². The van der Waals surface area contributed by atoms with Gasteiger partial charge in [0, 0.05) is 23.5 Å². The molecule has 3 aromatic rings. The molecule has 1 N–H and O–H groups in total. The number of rotatable bonds is 3. The molecule has 118 valence electrons. The number of amides is 1. The largest absolute Gasteiger partial charge is 0.454 e. The number of nitrogens with zero attached hydrogens (tertiary/aromatic N) is 2. The lowest BCUT2D eigenvalue weighted by Gasteiger charge is -2.09. The van der Waals surface area contributed by atoms with E-state index in [2.05, 4.69) is 15.3 Å². The Balaban J connectivity index is 1.64. The molecule has 0 fully saturated rings. The predicted molar refractivity (Wildman–Crippen MR) is 88.0 cm³/mol. The lowest BCUT2D eigenvalue weighted by molar-refractivity contribution is 0.102. The van der Waals surface area contributed by atoms with Crippen LogP contribution >= 0.6 is 0 Å². The van der Waals surface area contributed by atoms with E-state index in [1.165, 1.54) is 12.5 Å². The van der Waals surface area contributed by atoms with Gasteiger partial charge >= 0.3 is 0 Å². The Hall–Kier alpha value is -3.41. The minimum absolute atomic E-state index is 0.192. The van der Waals surface area contributed by atoms with Gasteiger partial charge in [-0.2, -0.15) is 0 Å². The molecule has 24 heavy (non-hydrogen) atoms. The zero-order valence-electron chi connectivity index (χ0n) is 12.6. The van der Waals surface area contributed by atoms with Gasteiger partial charge in [0.05, 0.1) is 11.3 Å². The Morgan fingerprint density at radius 1 is 1.04 bits per heavy atom. The van der Waals surface area contributed by atoms with Crippen molar-refractivity contribution < 1.29 is 14.3 Å². The molecule has 6 heteroatoms. The summed E-state index contributed by atoms with van der Waals surface area (Å²) in [7, 11) is 0. The van der Waals surface area contributed by atoms with Crippen LogP contribution in [0.1, 0.15) is 10.4 Å². The summed E-state index contributed by atoms with van der Waals surface area (Å²) in [4.78, 5) is 20.9. The van der Waals surface area contributed by atoms with Crippen LogP contribution in [0.3, 0.4) is 0 Å². The highest BCUT2D eigenvalue weighted by molar-refractivity contribution is 6.07. The number of benzene rings is 2. The second kappa shape index (κ2) is 6.00. The van der Waals surface area contributed by atoms with E-state index >= 15 is 0 Å². The number of ether oxygens (including phenoxy) is 2. The van der Waals surface area contributed by atoms with Gasteiger partial charge in [-0.3, -0.25) is 4.79 Å². The standard InChI is InChI=1S/C18H13N3O3/c22-18(21-13-6-7-15-16(8-13)24-11-23-15)14-9-19-10-20-17(14)12-4-2-1-3-5-12/h1-10H,11H2,(H,21,22). The second-order valence-corrected chi connectivity index (χ2v) is 5.17. The molecule has 0 spiro atoms. The van der Waals surface area contributed by atoms with Crippen molar-refractivity contribution in [2.45, 2.75) is 0 Å². The topological polar surface area (TPSA) is 73.3 Å². The molecule has 2 aromatic carbocycles. The summed E-state index contributed by atoms with van der Waals surface area (Å²) in [5, 5.41) is 2.84. The third kappa shape index (κ3) is 2.65. The first kappa shape index (κ1) is 14.2. The Morgan fingerprint density at radius 3 is 2.75 bits per heavy atom. The monoisotopic (exact) mass is 319 g/mol. The van der Waals surface area contributed by atoms with Gasteiger partial charge in [-0.25, -0.2) is 9.97 Å². The van der Waals surface area contributed by atoms with Gasteiger partial charge in [-0.1, -0.05) is 30.3 Å². The number of fused-ring (bicyclic) bond motifs is 1. The molecule has 4 rings (SSSR count). The van der Waals surface area contributed by atoms with Crippen LogP contribution in [-0.4, -0.2) is 22.7 Å². The quantitative estimate of drug-likeness (QED) is 0.803. The van der Waals surface area contributed by atoms with Crippen molar-refractivity contribution >= 4 is 11.6 Å². The van der Waals surface area contributed by atoms with E-state index in [0.29, 0.717) is 28.4 Å². The maximum Gasteiger partial charge on any atom is 0.259 e. The number of anilines is 1. The number of carbonyl (C=O) groups excluding carboxylic acids is 1. The SMILES string of the molecule is O=C(Nc1ccc2c(c1)OCO2)c1cncnc1-c1ccccc1. The summed E-state index contributed by atoms with van der Waals surface area (Å²) in [6.45, 7) is 0.192. The molecule has 1 aromatic heterocycles. The minimum Gasteiger partial charge on any atom is -0.454 e. The molecule has 0 aliphatic carbocycles. The Labute approximate surface area is 138 Å². The van der Waals surface area contributed by atoms with Crippen LogP contribution < -0.4 is 14.8 Å². The number of aromatic nitrogens is 2. The summed E-state index contributed by atoms with van der Waals surface area (Å²) in [6.07, 6.45) is 2.94. The smallest absolute Gasteiger partial charge is 0.259 e. The van der Waals surface area contributed by atoms with Crippen LogP contribution in [0.2, 0.25) is 0 Å². The number of hydrogen-bond donors (Lipinski definition) is 1. The highest BCUT2D eigenvalue weighted by Crippen LogP contribution is 2.34. The van der Waals surface area contributed by atoms with E-state index in [1.54, 1.807) is 18.2 Å². The molecule has 1 aliphatic rings. The van der Waals surface area contributed by atoms with Gasteiger partial charge < -0.3 is 14.8 Å². The molecule has 1 amide bonds. The summed E-state index contributed by atoms with van der Waals surface area (Å²) < 4.78 is 10.6. The van der Waals surface area contributed by atoms with Crippen molar-refractivity contribution in [2.75, 3.05) is 12.1 Å². The van der Waals surface area contributed by atoms with Gasteiger partial charge in [-0.05, 0) is 12.1 Å². The Morgan fingerprint density at radius 2 is 1.88 bits per heavy atom. The molecule has 0 unspecified atom stereocenters. The van der Waals surface area contributed by atoms with Crippen LogP contribution in [0.25, 0.3) is 11.3 Å². The molecule has 0 saturated heterocycles. The highest BCUT2D eigenvalue weighted by Gasteiger charge is 2.17. The summed E-state index contributed by atoms with van der Waals surface area (Å²) >= 11 is 0. The minimum atomic E-state index is -0.284. The molecule has 0 bridgehead atoms. The lowest BCUT2D eigenvalue weighted by atomic mass is 10.1. The van der Waals surface area contributed by atoms with E-state index in [1.807, 2.05) is 30.3 Å². The average Bonchev–Trinajstić information content (AvgIpc) is 3.10. The first-order chi connectivity index (χ1) is 11.8. The normalized spacial score (nSPS) is 12.0. The average molecular weight is 319 g/mol. The lowest BCUT2D eigenvalue weighted by Crippen LogP contribution is -2.14. The fraction of sp³-hybridized carbons (Fsp3) is 0.0556. The first-order valence-electron chi connectivity index (χ1n) is 7.38. The molecule has 2 heterocycles. The van der Waals surface area contributed by atoms with Gasteiger partial charge in [0.25, 0.3) is 5.91 Å². The maximum atomic E-state index is 12.6. The zero-order valence-corrected chi connectivity index (χ0v) is 12.6. The Kier molecular flexibility index (Phi) is 3.55. The van der Waals surface area contributed by atoms with Gasteiger partial charge in [0.1, 0.15) is 6.33 Å². The van der Waals surface area contributed by atoms with Crippen LogP contribution in [0.4, 0.5) is 5.69 Å². The van der Waals surface area contributed by atoms with Crippen molar-refractivity contribution in [1.29, 1.82) is 0 Å². The van der Waals surface area contributed by atoms with Crippen LogP contribution in [0.15, 0.2) is 61.1 Å². The van der Waals surface area contributed by atoms with Crippen molar-refractivity contribution in [1.82, 2.24) is 9.97 Å². The molecular weight excluding hydrogens is 306 g/mol. The van der Waals surface area contributed by atoms with E-state index < -0.39 is 0 Å². The van der Waals surface area contributed by atoms with Gasteiger partial charge in [0.2, 0.25) is 6.79 Å². The molecular formula is C18H13N3O3. The van der Waals surface area contributed by atoms with Gasteiger partial charge in [0.15, 0.2) is 11.5 Å². The predicted octanol–water partition coefficient (Wildman–Crippen LogP) is 3.12. The first-order valence-corrected chi connectivity index (χ1v) is 7.38. The molecule has 0 radical (unpaired) electrons. The van der Waals surface area contributed by atoms with Crippen LogP contribution in [0, 0.1) is 0 Å². The highest BCUT2D eigenvalue weighted by atomic mass is 16.7. The molecule has 0 saturated carbocycles. The number of nitrogens with one attached hydrogen (secondary N) is 1. The third-order valence-electron chi connectivity index (χ3n) is 3.63. The van der Waals surface area contributed by atoms with Crippen molar-refractivity contribution in [3.63, 3.8) is 0 Å². The third-order valence-corrected chi connectivity index (χ3v) is 3.63. The molecule has 0 atom stereocenters. The van der Waals surface area contributed by atoms with E-state index in [-0.39, 0.29) is 12.7 Å². The van der Waals surface area contributed by atoms with E-state index in [4.69, 9.17) is 9.47 Å². The summed E-state index contributed by atoms with van der Waals surface area (Å²) in [5.74, 6) is 0.995. The van der Waals surface area contributed by atoms with E-state index in [9.17, 15) is 4.79 Å². The van der Waals surface area contributed by atoms with Crippen LogP contribution in [-0.2, 0) is 0 Å². The number of carbonyl (C=O) groups is 1. The summed E-state index contributed by atoms with van der Waals surface area (Å²) in [5.41, 5.74) is 2.47. The van der Waals surface area contributed by atoms with Gasteiger partial charge in [-0.15, -0.1) is 0 Å². The van der Waals surface area contributed by atoms with Crippen LogP contribution in [0.5, 0.6) is 11.5 Å². The number of hydrogen-bond acceptors (Lipinski definition) is 5. The fourth-order valence-electron chi connectivity index (χ4n) is 2.49.